The fourth-order valence-electron chi connectivity index (χ4n) is 2.58. The Morgan fingerprint density at radius 2 is 1.95 bits per heavy atom. The molecule has 21 heavy (non-hydrogen) atoms. The number of benzene rings is 1. The van der Waals surface area contributed by atoms with Crippen LogP contribution in [0, 0.1) is 17.2 Å². The molecule has 1 unspecified atom stereocenters. The molecule has 0 saturated carbocycles. The molecule has 0 heterocycles. The molecule has 1 atom stereocenters. The van der Waals surface area contributed by atoms with E-state index < -0.39 is 0 Å². The quantitative estimate of drug-likeness (QED) is 0.780. The first kappa shape index (κ1) is 18.3. The second kappa shape index (κ2) is 8.04. The van der Waals surface area contributed by atoms with Crippen molar-refractivity contribution in [2.45, 2.75) is 46.5 Å². The maximum Gasteiger partial charge on any atom is 0.137 e. The van der Waals surface area contributed by atoms with Crippen LogP contribution in [0.3, 0.4) is 0 Å². The van der Waals surface area contributed by atoms with Gasteiger partial charge in [-0.3, -0.25) is 4.79 Å². The molecule has 0 aliphatic rings. The first-order chi connectivity index (χ1) is 9.72. The Labute approximate surface area is 135 Å². The summed E-state index contributed by atoms with van der Waals surface area (Å²) < 4.78 is 14.0. The Morgan fingerprint density at radius 1 is 1.29 bits per heavy atom. The van der Waals surface area contributed by atoms with Gasteiger partial charge >= 0.3 is 0 Å². The lowest BCUT2D eigenvalue weighted by Gasteiger charge is -2.30. The van der Waals surface area contributed by atoms with E-state index in [1.807, 2.05) is 0 Å². The van der Waals surface area contributed by atoms with Gasteiger partial charge < -0.3 is 5.73 Å². The average molecular weight is 358 g/mol. The third-order valence-electron chi connectivity index (χ3n) is 3.84. The molecular formula is C17H25BrFNO. The monoisotopic (exact) mass is 357 g/mol. The molecule has 0 spiro atoms. The molecule has 0 amide bonds. The fourth-order valence-corrected chi connectivity index (χ4v) is 3.09. The Balaban J connectivity index is 2.57. The summed E-state index contributed by atoms with van der Waals surface area (Å²) in [5, 5.41) is 0. The number of nitrogens with two attached hydrogens (primary N) is 1. The molecule has 1 aromatic rings. The van der Waals surface area contributed by atoms with Gasteiger partial charge in [0.1, 0.15) is 11.6 Å². The molecule has 2 nitrogen and oxygen atoms in total. The van der Waals surface area contributed by atoms with Gasteiger partial charge in [-0.2, -0.15) is 0 Å². The van der Waals surface area contributed by atoms with Crippen LogP contribution in [-0.4, -0.2) is 12.3 Å². The van der Waals surface area contributed by atoms with E-state index in [4.69, 9.17) is 5.73 Å². The number of halogens is 2. The van der Waals surface area contributed by atoms with Crippen molar-refractivity contribution in [2.24, 2.45) is 17.1 Å². The van der Waals surface area contributed by atoms with Gasteiger partial charge in [-0.1, -0.05) is 36.7 Å². The third kappa shape index (κ3) is 6.70. The van der Waals surface area contributed by atoms with Crippen LogP contribution in [0.4, 0.5) is 4.39 Å². The van der Waals surface area contributed by atoms with Gasteiger partial charge in [0.15, 0.2) is 0 Å². The molecule has 0 fully saturated rings. The highest BCUT2D eigenvalue weighted by Crippen LogP contribution is 2.32. The zero-order valence-corrected chi connectivity index (χ0v) is 14.7. The molecule has 0 aliphatic heterocycles. The van der Waals surface area contributed by atoms with E-state index in [1.54, 1.807) is 6.07 Å². The Hall–Kier alpha value is -0.740. The van der Waals surface area contributed by atoms with Gasteiger partial charge in [0.2, 0.25) is 0 Å². The number of hydrogen-bond donors (Lipinski definition) is 1. The topological polar surface area (TPSA) is 43.1 Å². The zero-order chi connectivity index (χ0) is 16.0. The van der Waals surface area contributed by atoms with Crippen LogP contribution in [-0.2, 0) is 11.2 Å². The summed E-state index contributed by atoms with van der Waals surface area (Å²) in [5.74, 6) is 0.271. The molecule has 2 N–H and O–H groups in total. The second-order valence-electron chi connectivity index (χ2n) is 6.67. The molecule has 1 rings (SSSR count). The van der Waals surface area contributed by atoms with Gasteiger partial charge in [0.25, 0.3) is 0 Å². The molecule has 4 heteroatoms. The number of rotatable bonds is 7. The van der Waals surface area contributed by atoms with E-state index in [2.05, 4.69) is 36.7 Å². The summed E-state index contributed by atoms with van der Waals surface area (Å²) in [7, 11) is 0. The van der Waals surface area contributed by atoms with Crippen molar-refractivity contribution in [1.82, 2.24) is 0 Å². The van der Waals surface area contributed by atoms with E-state index in [9.17, 15) is 9.18 Å². The number of ketones is 1. The second-order valence-corrected chi connectivity index (χ2v) is 7.59. The van der Waals surface area contributed by atoms with Gasteiger partial charge in [-0.05, 0) is 54.5 Å². The van der Waals surface area contributed by atoms with Crippen LogP contribution in [0.5, 0.6) is 0 Å². The number of Topliss-reactive ketones (excluding diaryl/α,β-unsaturated/α-hetero) is 1. The van der Waals surface area contributed by atoms with Crippen molar-refractivity contribution in [3.05, 3.63) is 34.1 Å². The van der Waals surface area contributed by atoms with Crippen LogP contribution < -0.4 is 5.73 Å². The summed E-state index contributed by atoms with van der Waals surface area (Å²) in [4.78, 5) is 12.1. The van der Waals surface area contributed by atoms with E-state index in [0.717, 1.165) is 18.4 Å². The minimum absolute atomic E-state index is 0.152. The summed E-state index contributed by atoms with van der Waals surface area (Å²) in [6.45, 7) is 7.19. The number of hydrogen-bond acceptors (Lipinski definition) is 2. The molecule has 0 aliphatic carbocycles. The first-order valence-electron chi connectivity index (χ1n) is 7.39. The summed E-state index contributed by atoms with van der Waals surface area (Å²) in [6, 6.07) is 4.61. The van der Waals surface area contributed by atoms with Gasteiger partial charge in [0, 0.05) is 17.3 Å². The predicted molar refractivity (Wildman–Crippen MR) is 88.7 cm³/mol. The molecule has 118 valence electrons. The number of carbonyl (C=O) groups excluding carboxylic acids is 1. The summed E-state index contributed by atoms with van der Waals surface area (Å²) >= 11 is 3.25. The smallest absolute Gasteiger partial charge is 0.137 e. The lowest BCUT2D eigenvalue weighted by Crippen LogP contribution is -2.24. The van der Waals surface area contributed by atoms with Crippen LogP contribution in [0.25, 0.3) is 0 Å². The molecule has 0 aromatic heterocycles. The largest absolute Gasteiger partial charge is 0.330 e. The molecule has 0 saturated heterocycles. The van der Waals surface area contributed by atoms with Crippen molar-refractivity contribution in [3.8, 4) is 0 Å². The van der Waals surface area contributed by atoms with Crippen molar-refractivity contribution >= 4 is 21.7 Å². The zero-order valence-electron chi connectivity index (χ0n) is 13.1. The first-order valence-corrected chi connectivity index (χ1v) is 8.18. The van der Waals surface area contributed by atoms with E-state index in [0.29, 0.717) is 23.4 Å². The van der Waals surface area contributed by atoms with Crippen LogP contribution in [0.1, 0.15) is 45.6 Å². The van der Waals surface area contributed by atoms with Crippen LogP contribution in [0.15, 0.2) is 22.7 Å². The van der Waals surface area contributed by atoms with Crippen molar-refractivity contribution < 1.29 is 9.18 Å². The summed E-state index contributed by atoms with van der Waals surface area (Å²) in [6.07, 6.45) is 2.59. The molecule has 0 bridgehead atoms. The highest BCUT2D eigenvalue weighted by Gasteiger charge is 2.24. The lowest BCUT2D eigenvalue weighted by molar-refractivity contribution is -0.118. The van der Waals surface area contributed by atoms with Crippen molar-refractivity contribution in [3.63, 3.8) is 0 Å². The fraction of sp³-hybridized carbons (Fsp3) is 0.588. The Kier molecular flexibility index (Phi) is 7.01. The van der Waals surface area contributed by atoms with Gasteiger partial charge in [0.05, 0.1) is 0 Å². The normalized spacial score (nSPS) is 13.2. The standard InChI is InChI=1S/C17H25BrFNO/c1-17(2,3)13(6-7-20)4-5-16(21)10-12-8-14(18)11-15(19)9-12/h8-9,11,13H,4-7,10,20H2,1-3H3. The molecule has 0 radical (unpaired) electrons. The Bertz CT molecular complexity index is 462. The predicted octanol–water partition coefficient (Wildman–Crippen LogP) is 4.49. The van der Waals surface area contributed by atoms with E-state index in [1.165, 1.54) is 12.1 Å². The minimum Gasteiger partial charge on any atom is -0.330 e. The average Bonchev–Trinajstić information content (AvgIpc) is 2.31. The van der Waals surface area contributed by atoms with E-state index >= 15 is 0 Å². The van der Waals surface area contributed by atoms with Gasteiger partial charge in [-0.15, -0.1) is 0 Å². The maximum atomic E-state index is 13.3. The molecular weight excluding hydrogens is 333 g/mol. The minimum atomic E-state index is -0.317. The van der Waals surface area contributed by atoms with E-state index in [-0.39, 0.29) is 23.4 Å². The van der Waals surface area contributed by atoms with Crippen LogP contribution in [0.2, 0.25) is 0 Å². The highest BCUT2D eigenvalue weighted by atomic mass is 79.9. The SMILES string of the molecule is CC(C)(C)C(CCN)CCC(=O)Cc1cc(F)cc(Br)c1. The molecule has 1 aromatic carbocycles. The number of carbonyl (C=O) groups is 1. The Morgan fingerprint density at radius 3 is 2.48 bits per heavy atom. The lowest BCUT2D eigenvalue weighted by atomic mass is 9.76. The van der Waals surface area contributed by atoms with Crippen molar-refractivity contribution in [1.29, 1.82) is 0 Å². The summed E-state index contributed by atoms with van der Waals surface area (Å²) in [5.41, 5.74) is 6.53. The third-order valence-corrected chi connectivity index (χ3v) is 4.29. The maximum absolute atomic E-state index is 13.3. The van der Waals surface area contributed by atoms with Crippen LogP contribution >= 0.6 is 15.9 Å². The van der Waals surface area contributed by atoms with Gasteiger partial charge in [-0.25, -0.2) is 4.39 Å². The van der Waals surface area contributed by atoms with Crippen molar-refractivity contribution in [2.75, 3.05) is 6.54 Å². The highest BCUT2D eigenvalue weighted by molar-refractivity contribution is 9.10.